The molecule has 1 rings (SSSR count). The molecule has 0 amide bonds. The Morgan fingerprint density at radius 1 is 1.89 bits per heavy atom. The van der Waals surface area contributed by atoms with Gasteiger partial charge in [-0.1, -0.05) is 0 Å². The highest BCUT2D eigenvalue weighted by atomic mass is 79.9. The molecule has 3 nitrogen and oxygen atoms in total. The highest BCUT2D eigenvalue weighted by Crippen LogP contribution is 2.08. The van der Waals surface area contributed by atoms with Crippen LogP contribution in [0.5, 0.6) is 0 Å². The zero-order chi connectivity index (χ0) is 6.85. The van der Waals surface area contributed by atoms with Gasteiger partial charge in [-0.05, 0) is 15.9 Å². The Morgan fingerprint density at radius 2 is 2.56 bits per heavy atom. The Labute approximate surface area is 62.0 Å². The number of imidazole rings is 1. The molecule has 0 aliphatic rings. The van der Waals surface area contributed by atoms with Gasteiger partial charge in [0.15, 0.2) is 0 Å². The van der Waals surface area contributed by atoms with Gasteiger partial charge in [-0.15, -0.1) is 0 Å². The van der Waals surface area contributed by atoms with Crippen molar-refractivity contribution in [2.24, 2.45) is 12.8 Å². The first kappa shape index (κ1) is 6.77. The number of nitrogens with zero attached hydrogens (tertiary/aromatic N) is 2. The van der Waals surface area contributed by atoms with E-state index >= 15 is 0 Å². The van der Waals surface area contributed by atoms with Gasteiger partial charge in [0.05, 0.1) is 12.7 Å². The molecule has 0 aliphatic heterocycles. The van der Waals surface area contributed by atoms with E-state index in [-0.39, 0.29) is 0 Å². The average Bonchev–Trinajstić information content (AvgIpc) is 2.15. The van der Waals surface area contributed by atoms with Gasteiger partial charge in [0.1, 0.15) is 10.4 Å². The lowest BCUT2D eigenvalue weighted by Crippen LogP contribution is -2.04. The van der Waals surface area contributed by atoms with E-state index in [0.717, 1.165) is 10.4 Å². The van der Waals surface area contributed by atoms with Gasteiger partial charge in [-0.3, -0.25) is 0 Å². The molecule has 0 unspecified atom stereocenters. The van der Waals surface area contributed by atoms with Gasteiger partial charge in [-0.2, -0.15) is 0 Å². The standard InChI is InChI=1S/C5H8BrN3/c1-9-4(6)3-8-5(9)2-7/h3H,2,7H2,1H3. The molecule has 0 aliphatic carbocycles. The second-order valence-corrected chi connectivity index (χ2v) is 2.57. The Hall–Kier alpha value is -0.350. The summed E-state index contributed by atoms with van der Waals surface area (Å²) in [4.78, 5) is 4.02. The molecule has 0 bridgehead atoms. The summed E-state index contributed by atoms with van der Waals surface area (Å²) in [7, 11) is 1.92. The molecule has 9 heavy (non-hydrogen) atoms. The fourth-order valence-electron chi connectivity index (χ4n) is 0.614. The first-order chi connectivity index (χ1) is 4.25. The van der Waals surface area contributed by atoms with Crippen molar-refractivity contribution >= 4 is 15.9 Å². The molecule has 0 aromatic carbocycles. The Balaban J connectivity index is 3.04. The third-order valence-corrected chi connectivity index (χ3v) is 1.95. The van der Waals surface area contributed by atoms with Gasteiger partial charge in [0.2, 0.25) is 0 Å². The van der Waals surface area contributed by atoms with Crippen LogP contribution in [0.15, 0.2) is 10.8 Å². The van der Waals surface area contributed by atoms with E-state index < -0.39 is 0 Å². The van der Waals surface area contributed by atoms with E-state index in [1.54, 1.807) is 6.20 Å². The van der Waals surface area contributed by atoms with Crippen LogP contribution in [0.25, 0.3) is 0 Å². The van der Waals surface area contributed by atoms with E-state index in [2.05, 4.69) is 20.9 Å². The SMILES string of the molecule is Cn1c(Br)cnc1CN. The highest BCUT2D eigenvalue weighted by molar-refractivity contribution is 9.10. The largest absolute Gasteiger partial charge is 0.325 e. The van der Waals surface area contributed by atoms with Crippen LogP contribution in [0.4, 0.5) is 0 Å². The maximum absolute atomic E-state index is 5.36. The fraction of sp³-hybridized carbons (Fsp3) is 0.400. The molecule has 1 aromatic heterocycles. The van der Waals surface area contributed by atoms with Crippen molar-refractivity contribution in [1.29, 1.82) is 0 Å². The minimum atomic E-state index is 0.488. The predicted molar refractivity (Wildman–Crippen MR) is 38.8 cm³/mol. The molecule has 50 valence electrons. The van der Waals surface area contributed by atoms with Crippen molar-refractivity contribution in [3.05, 3.63) is 16.6 Å². The number of aromatic nitrogens is 2. The Kier molecular flexibility index (Phi) is 1.87. The van der Waals surface area contributed by atoms with E-state index in [9.17, 15) is 0 Å². The first-order valence-electron chi connectivity index (χ1n) is 2.62. The zero-order valence-corrected chi connectivity index (χ0v) is 6.72. The molecular weight excluding hydrogens is 182 g/mol. The maximum atomic E-state index is 5.36. The summed E-state index contributed by atoms with van der Waals surface area (Å²) in [5, 5.41) is 0. The minimum absolute atomic E-state index is 0.488. The van der Waals surface area contributed by atoms with E-state index in [0.29, 0.717) is 6.54 Å². The number of nitrogens with two attached hydrogens (primary N) is 1. The van der Waals surface area contributed by atoms with Gasteiger partial charge >= 0.3 is 0 Å². The maximum Gasteiger partial charge on any atom is 0.123 e. The van der Waals surface area contributed by atoms with Crippen LogP contribution in [-0.2, 0) is 13.6 Å². The Bertz CT molecular complexity index is 206. The van der Waals surface area contributed by atoms with Crippen LogP contribution >= 0.6 is 15.9 Å². The highest BCUT2D eigenvalue weighted by Gasteiger charge is 1.98. The topological polar surface area (TPSA) is 43.8 Å². The lowest BCUT2D eigenvalue weighted by Gasteiger charge is -1.96. The second kappa shape index (κ2) is 2.49. The smallest absolute Gasteiger partial charge is 0.123 e. The molecule has 1 aromatic rings. The third-order valence-electron chi connectivity index (χ3n) is 1.21. The van der Waals surface area contributed by atoms with Gasteiger partial charge < -0.3 is 10.3 Å². The number of hydrogen-bond acceptors (Lipinski definition) is 2. The lowest BCUT2D eigenvalue weighted by atomic mass is 10.6. The molecule has 0 radical (unpaired) electrons. The molecule has 1 heterocycles. The van der Waals surface area contributed by atoms with Crippen LogP contribution in [0.3, 0.4) is 0 Å². The van der Waals surface area contributed by atoms with Crippen LogP contribution < -0.4 is 5.73 Å². The van der Waals surface area contributed by atoms with Crippen molar-refractivity contribution in [2.75, 3.05) is 0 Å². The van der Waals surface area contributed by atoms with Crippen molar-refractivity contribution in [3.63, 3.8) is 0 Å². The second-order valence-electron chi connectivity index (χ2n) is 1.76. The summed E-state index contributed by atoms with van der Waals surface area (Å²) in [5.74, 6) is 0.891. The van der Waals surface area contributed by atoms with Gasteiger partial charge in [0, 0.05) is 7.05 Å². The molecule has 0 saturated heterocycles. The quantitative estimate of drug-likeness (QED) is 0.706. The number of hydrogen-bond donors (Lipinski definition) is 1. The summed E-state index contributed by atoms with van der Waals surface area (Å²) in [6.45, 7) is 0.488. The molecule has 0 saturated carbocycles. The molecular formula is C5H8BrN3. The first-order valence-corrected chi connectivity index (χ1v) is 3.41. The van der Waals surface area contributed by atoms with E-state index in [4.69, 9.17) is 5.73 Å². The van der Waals surface area contributed by atoms with Crippen LogP contribution in [-0.4, -0.2) is 9.55 Å². The van der Waals surface area contributed by atoms with E-state index in [1.807, 2.05) is 11.6 Å². The Morgan fingerprint density at radius 3 is 2.78 bits per heavy atom. The number of halogens is 1. The minimum Gasteiger partial charge on any atom is -0.325 e. The van der Waals surface area contributed by atoms with Crippen molar-refractivity contribution < 1.29 is 0 Å². The average molecular weight is 190 g/mol. The molecule has 0 atom stereocenters. The summed E-state index contributed by atoms with van der Waals surface area (Å²) in [5.41, 5.74) is 5.36. The molecule has 0 fully saturated rings. The van der Waals surface area contributed by atoms with Crippen molar-refractivity contribution in [1.82, 2.24) is 9.55 Å². The van der Waals surface area contributed by atoms with Gasteiger partial charge in [0.25, 0.3) is 0 Å². The van der Waals surface area contributed by atoms with Gasteiger partial charge in [-0.25, -0.2) is 4.98 Å². The molecule has 0 spiro atoms. The summed E-state index contributed by atoms with van der Waals surface area (Å²) >= 11 is 3.30. The normalized spacial score (nSPS) is 10.1. The number of rotatable bonds is 1. The summed E-state index contributed by atoms with van der Waals surface area (Å²) in [6, 6.07) is 0. The summed E-state index contributed by atoms with van der Waals surface area (Å²) in [6.07, 6.45) is 1.74. The van der Waals surface area contributed by atoms with Crippen molar-refractivity contribution in [3.8, 4) is 0 Å². The van der Waals surface area contributed by atoms with Crippen LogP contribution in [0.2, 0.25) is 0 Å². The van der Waals surface area contributed by atoms with Crippen LogP contribution in [0, 0.1) is 0 Å². The monoisotopic (exact) mass is 189 g/mol. The summed E-state index contributed by atoms with van der Waals surface area (Å²) < 4.78 is 2.86. The molecule has 2 N–H and O–H groups in total. The third kappa shape index (κ3) is 1.14. The zero-order valence-electron chi connectivity index (χ0n) is 5.13. The van der Waals surface area contributed by atoms with Crippen LogP contribution in [0.1, 0.15) is 5.82 Å². The lowest BCUT2D eigenvalue weighted by molar-refractivity contribution is 0.781. The van der Waals surface area contributed by atoms with Crippen molar-refractivity contribution in [2.45, 2.75) is 6.54 Å². The van der Waals surface area contributed by atoms with E-state index in [1.165, 1.54) is 0 Å². The molecule has 4 heteroatoms. The predicted octanol–water partition coefficient (Wildman–Crippen LogP) is 0.641. The fourth-order valence-corrected chi connectivity index (χ4v) is 0.921.